The summed E-state index contributed by atoms with van der Waals surface area (Å²) in [7, 11) is 0. The highest BCUT2D eigenvalue weighted by atomic mass is 35.5. The lowest BCUT2D eigenvalue weighted by atomic mass is 10.2. The van der Waals surface area contributed by atoms with Crippen LogP contribution in [0.3, 0.4) is 0 Å². The molecule has 2 aromatic carbocycles. The average Bonchev–Trinajstić information content (AvgIpc) is 2.63. The third-order valence-electron chi connectivity index (χ3n) is 4.18. The fourth-order valence-corrected chi connectivity index (χ4v) is 2.87. The molecule has 0 bridgehead atoms. The van der Waals surface area contributed by atoms with E-state index in [2.05, 4.69) is 45.3 Å². The molecule has 0 radical (unpaired) electrons. The first-order chi connectivity index (χ1) is 11.8. The maximum atomic E-state index is 5.64. The van der Waals surface area contributed by atoms with Gasteiger partial charge >= 0.3 is 0 Å². The van der Waals surface area contributed by atoms with Crippen molar-refractivity contribution < 1.29 is 4.74 Å². The van der Waals surface area contributed by atoms with E-state index in [4.69, 9.17) is 4.74 Å². The number of hydrogen-bond acceptors (Lipinski definition) is 4. The Hall–Kier alpha value is -2.04. The van der Waals surface area contributed by atoms with Crippen LogP contribution in [0.15, 0.2) is 59.7 Å². The lowest BCUT2D eigenvalue weighted by Crippen LogP contribution is -2.43. The molecule has 2 aromatic rings. The maximum absolute atomic E-state index is 5.64. The van der Waals surface area contributed by atoms with Crippen molar-refractivity contribution in [3.63, 3.8) is 0 Å². The van der Waals surface area contributed by atoms with E-state index in [1.54, 1.807) is 0 Å². The Labute approximate surface area is 156 Å². The van der Waals surface area contributed by atoms with E-state index in [0.29, 0.717) is 6.61 Å². The van der Waals surface area contributed by atoms with Crippen LogP contribution in [-0.4, -0.2) is 48.9 Å². The van der Waals surface area contributed by atoms with Gasteiger partial charge in [0.1, 0.15) is 5.75 Å². The lowest BCUT2D eigenvalue weighted by Gasteiger charge is -2.33. The van der Waals surface area contributed by atoms with Crippen LogP contribution in [0.5, 0.6) is 5.75 Å². The van der Waals surface area contributed by atoms with Crippen molar-refractivity contribution in [3.05, 3.63) is 65.7 Å². The van der Waals surface area contributed by atoms with Crippen LogP contribution >= 0.6 is 12.4 Å². The van der Waals surface area contributed by atoms with Gasteiger partial charge in [-0.3, -0.25) is 9.91 Å². The van der Waals surface area contributed by atoms with Crippen molar-refractivity contribution in [2.75, 3.05) is 32.8 Å². The minimum atomic E-state index is 0. The second-order valence-corrected chi connectivity index (χ2v) is 5.93. The zero-order chi connectivity index (χ0) is 16.6. The first-order valence-corrected chi connectivity index (χ1v) is 8.62. The largest absolute Gasteiger partial charge is 0.493 e. The van der Waals surface area contributed by atoms with Crippen LogP contribution < -0.4 is 4.74 Å². The quantitative estimate of drug-likeness (QED) is 0.737. The second-order valence-electron chi connectivity index (χ2n) is 5.93. The summed E-state index contributed by atoms with van der Waals surface area (Å²) in [6.07, 6.45) is 1.91. The lowest BCUT2D eigenvalue weighted by molar-refractivity contribution is 0.131. The Balaban J connectivity index is 0.00000225. The average molecular weight is 360 g/mol. The highest BCUT2D eigenvalue weighted by Gasteiger charge is 2.15. The molecule has 0 unspecified atom stereocenters. The maximum Gasteiger partial charge on any atom is 0.128 e. The highest BCUT2D eigenvalue weighted by Crippen LogP contribution is 2.16. The molecule has 1 saturated heterocycles. The van der Waals surface area contributed by atoms with E-state index < -0.39 is 0 Å². The minimum absolute atomic E-state index is 0. The molecule has 4 nitrogen and oxygen atoms in total. The van der Waals surface area contributed by atoms with Crippen LogP contribution in [0.25, 0.3) is 0 Å². The molecule has 0 N–H and O–H groups in total. The summed E-state index contributed by atoms with van der Waals surface area (Å²) in [6.45, 7) is 7.69. The fraction of sp³-hybridized carbons (Fsp3) is 0.350. The molecule has 1 heterocycles. The van der Waals surface area contributed by atoms with Crippen LogP contribution in [0.1, 0.15) is 18.1 Å². The summed E-state index contributed by atoms with van der Waals surface area (Å²) in [5.74, 6) is 0.895. The predicted molar refractivity (Wildman–Crippen MR) is 106 cm³/mol. The summed E-state index contributed by atoms with van der Waals surface area (Å²) in [5.41, 5.74) is 2.41. The predicted octanol–water partition coefficient (Wildman–Crippen LogP) is 3.66. The third kappa shape index (κ3) is 5.76. The molecule has 1 aliphatic rings. The van der Waals surface area contributed by atoms with Gasteiger partial charge in [-0.2, -0.15) is 5.10 Å². The van der Waals surface area contributed by atoms with Crippen LogP contribution in [0, 0.1) is 0 Å². The van der Waals surface area contributed by atoms with Gasteiger partial charge in [-0.25, -0.2) is 0 Å². The summed E-state index contributed by atoms with van der Waals surface area (Å²) >= 11 is 0. The Bertz CT molecular complexity index is 655. The van der Waals surface area contributed by atoms with Crippen LogP contribution in [-0.2, 0) is 6.54 Å². The topological polar surface area (TPSA) is 28.1 Å². The van der Waals surface area contributed by atoms with E-state index in [1.165, 1.54) is 5.56 Å². The molecule has 3 rings (SSSR count). The molecule has 1 aliphatic heterocycles. The molecule has 0 saturated carbocycles. The van der Waals surface area contributed by atoms with Crippen molar-refractivity contribution >= 4 is 18.6 Å². The number of hydrazone groups is 1. The van der Waals surface area contributed by atoms with Gasteiger partial charge in [0.2, 0.25) is 0 Å². The second kappa shape index (κ2) is 10.1. The Morgan fingerprint density at radius 1 is 0.960 bits per heavy atom. The zero-order valence-corrected chi connectivity index (χ0v) is 15.5. The molecular formula is C20H26ClN3O. The molecular weight excluding hydrogens is 334 g/mol. The fourth-order valence-electron chi connectivity index (χ4n) is 2.87. The van der Waals surface area contributed by atoms with Gasteiger partial charge in [0, 0.05) is 38.3 Å². The molecule has 134 valence electrons. The van der Waals surface area contributed by atoms with Crippen molar-refractivity contribution in [1.29, 1.82) is 0 Å². The zero-order valence-electron chi connectivity index (χ0n) is 14.7. The minimum Gasteiger partial charge on any atom is -0.493 e. The molecule has 0 aromatic heterocycles. The van der Waals surface area contributed by atoms with E-state index in [1.807, 2.05) is 37.4 Å². The summed E-state index contributed by atoms with van der Waals surface area (Å²) in [4.78, 5) is 2.48. The van der Waals surface area contributed by atoms with E-state index in [-0.39, 0.29) is 12.4 Å². The summed E-state index contributed by atoms with van der Waals surface area (Å²) in [6, 6.07) is 18.7. The molecule has 25 heavy (non-hydrogen) atoms. The number of halogens is 1. The van der Waals surface area contributed by atoms with Gasteiger partial charge in [0.15, 0.2) is 0 Å². The molecule has 0 amide bonds. The van der Waals surface area contributed by atoms with Crippen LogP contribution in [0.4, 0.5) is 0 Å². The SMILES string of the molecule is CCOc1ccccc1C=NN1CCN(Cc2ccccc2)CC1.Cl. The first-order valence-electron chi connectivity index (χ1n) is 8.62. The number of ether oxygens (including phenoxy) is 1. The Kier molecular flexibility index (Phi) is 7.76. The van der Waals surface area contributed by atoms with Gasteiger partial charge in [-0.05, 0) is 24.6 Å². The van der Waals surface area contributed by atoms with Crippen LogP contribution in [0.2, 0.25) is 0 Å². The summed E-state index contributed by atoms with van der Waals surface area (Å²) in [5, 5.41) is 6.78. The first kappa shape index (κ1) is 19.3. The molecule has 1 fully saturated rings. The number of benzene rings is 2. The highest BCUT2D eigenvalue weighted by molar-refractivity contribution is 5.85. The Morgan fingerprint density at radius 2 is 1.64 bits per heavy atom. The van der Waals surface area contributed by atoms with Gasteiger partial charge in [-0.15, -0.1) is 12.4 Å². The van der Waals surface area contributed by atoms with Gasteiger partial charge < -0.3 is 4.74 Å². The van der Waals surface area contributed by atoms with Gasteiger partial charge in [0.05, 0.1) is 12.8 Å². The molecule has 0 atom stereocenters. The van der Waals surface area contributed by atoms with Crippen molar-refractivity contribution in [1.82, 2.24) is 9.91 Å². The smallest absolute Gasteiger partial charge is 0.128 e. The monoisotopic (exact) mass is 359 g/mol. The normalized spacial score (nSPS) is 15.2. The van der Waals surface area contributed by atoms with Crippen molar-refractivity contribution in [3.8, 4) is 5.75 Å². The van der Waals surface area contributed by atoms with Gasteiger partial charge in [0.25, 0.3) is 0 Å². The summed E-state index contributed by atoms with van der Waals surface area (Å²) < 4.78 is 5.64. The van der Waals surface area contributed by atoms with Crippen molar-refractivity contribution in [2.45, 2.75) is 13.5 Å². The van der Waals surface area contributed by atoms with Crippen molar-refractivity contribution in [2.24, 2.45) is 5.10 Å². The van der Waals surface area contributed by atoms with E-state index >= 15 is 0 Å². The number of hydrogen-bond donors (Lipinski definition) is 0. The molecule has 5 heteroatoms. The van der Waals surface area contributed by atoms with E-state index in [0.717, 1.165) is 44.0 Å². The third-order valence-corrected chi connectivity index (χ3v) is 4.18. The molecule has 0 aliphatic carbocycles. The number of nitrogens with zero attached hydrogens (tertiary/aromatic N) is 3. The van der Waals surface area contributed by atoms with E-state index in [9.17, 15) is 0 Å². The number of rotatable bonds is 6. The number of piperazine rings is 1. The number of para-hydroxylation sites is 1. The standard InChI is InChI=1S/C20H25N3O.ClH/c1-2-24-20-11-7-6-10-19(20)16-21-23-14-12-22(13-15-23)17-18-8-4-3-5-9-18;/h3-11,16H,2,12-15,17H2,1H3;1H. The molecule has 0 spiro atoms. The Morgan fingerprint density at radius 3 is 2.36 bits per heavy atom. The van der Waals surface area contributed by atoms with Gasteiger partial charge in [-0.1, -0.05) is 42.5 Å².